The first kappa shape index (κ1) is 15.6. The molecule has 0 amide bonds. The van der Waals surface area contributed by atoms with Crippen LogP contribution in [0.2, 0.25) is 0 Å². The molecule has 4 rings (SSSR count). The highest BCUT2D eigenvalue weighted by Crippen LogP contribution is 2.54. The Balaban J connectivity index is 2.07. The molecule has 24 heavy (non-hydrogen) atoms. The van der Waals surface area contributed by atoms with Crippen LogP contribution in [0.5, 0.6) is 0 Å². The summed E-state index contributed by atoms with van der Waals surface area (Å²) in [4.78, 5) is 19.0. The molecule has 124 valence electrons. The number of ketones is 1. The van der Waals surface area contributed by atoms with E-state index in [0.29, 0.717) is 11.7 Å². The highest BCUT2D eigenvalue weighted by Gasteiger charge is 2.50. The molecule has 1 aliphatic heterocycles. The topological polar surface area (TPSA) is 42.0 Å². The van der Waals surface area contributed by atoms with E-state index >= 15 is 0 Å². The van der Waals surface area contributed by atoms with Gasteiger partial charge < -0.3 is 5.32 Å². The lowest BCUT2D eigenvalue weighted by Gasteiger charge is -2.44. The number of fused-ring (bicyclic) bond motifs is 1. The number of rotatable bonds is 2. The Morgan fingerprint density at radius 1 is 1.25 bits per heavy atom. The van der Waals surface area contributed by atoms with Crippen LogP contribution in [0.1, 0.15) is 44.1 Å². The number of Topliss-reactive ketones (excluding diaryl/α,β-unsaturated/α-hetero) is 1. The number of hydrogen-bond donors (Lipinski definition) is 1. The van der Waals surface area contributed by atoms with E-state index < -0.39 is 0 Å². The number of nitrogens with zero attached hydrogens (tertiary/aromatic N) is 1. The third kappa shape index (κ3) is 1.95. The molecule has 0 saturated heterocycles. The van der Waals surface area contributed by atoms with Gasteiger partial charge in [0.15, 0.2) is 5.78 Å². The average Bonchev–Trinajstić information content (AvgIpc) is 3.07. The number of benzene rings is 1. The second-order valence-electron chi connectivity index (χ2n) is 6.97. The quantitative estimate of drug-likeness (QED) is 0.858. The zero-order chi connectivity index (χ0) is 16.9. The Hall–Kier alpha value is -1.94. The van der Waals surface area contributed by atoms with Crippen LogP contribution in [0, 0.1) is 11.8 Å². The Kier molecular flexibility index (Phi) is 3.61. The summed E-state index contributed by atoms with van der Waals surface area (Å²) in [5.41, 5.74) is 4.77. The third-order valence-electron chi connectivity index (χ3n) is 5.60. The van der Waals surface area contributed by atoms with Gasteiger partial charge in [-0.2, -0.15) is 0 Å². The number of carbonyl (C=O) groups excluding carboxylic acids is 1. The van der Waals surface area contributed by atoms with Crippen molar-refractivity contribution in [2.24, 2.45) is 11.8 Å². The van der Waals surface area contributed by atoms with Gasteiger partial charge in [0.1, 0.15) is 5.82 Å². The van der Waals surface area contributed by atoms with Crippen LogP contribution in [0.25, 0.3) is 0 Å². The van der Waals surface area contributed by atoms with Crippen molar-refractivity contribution in [1.82, 2.24) is 4.98 Å². The van der Waals surface area contributed by atoms with Gasteiger partial charge in [0.05, 0.1) is 15.8 Å². The first-order chi connectivity index (χ1) is 11.6. The minimum atomic E-state index is -0.377. The number of hydrogen-bond acceptors (Lipinski definition) is 4. The smallest absolute Gasteiger partial charge is 0.164 e. The molecule has 0 fully saturated rings. The monoisotopic (exact) mass is 338 g/mol. The molecule has 3 nitrogen and oxygen atoms in total. The molecule has 1 aromatic carbocycles. The number of nitrogens with one attached hydrogen (secondary N) is 1. The van der Waals surface area contributed by atoms with E-state index in [-0.39, 0.29) is 11.3 Å². The number of thiazole rings is 1. The molecule has 2 heterocycles. The fourth-order valence-electron chi connectivity index (χ4n) is 4.43. The number of anilines is 1. The summed E-state index contributed by atoms with van der Waals surface area (Å²) in [5, 5.41) is 3.50. The summed E-state index contributed by atoms with van der Waals surface area (Å²) >= 11 is 1.65. The SMILES string of the molecule is CC[C@]1(c2ccccc2)C2=C(Nc3ncsc31)C(C)CC(C)C2=O. The molecular formula is C20H22N2OS. The first-order valence-corrected chi connectivity index (χ1v) is 9.53. The normalized spacial score (nSPS) is 29.0. The number of carbonyl (C=O) groups is 1. The van der Waals surface area contributed by atoms with E-state index in [0.717, 1.165) is 29.9 Å². The second-order valence-corrected chi connectivity index (χ2v) is 7.83. The van der Waals surface area contributed by atoms with Gasteiger partial charge in [-0.3, -0.25) is 4.79 Å². The molecule has 1 aromatic heterocycles. The molecule has 0 saturated carbocycles. The summed E-state index contributed by atoms with van der Waals surface area (Å²) in [6.45, 7) is 6.47. The fraction of sp³-hybridized carbons (Fsp3) is 0.400. The Morgan fingerprint density at radius 3 is 2.71 bits per heavy atom. The van der Waals surface area contributed by atoms with E-state index in [1.165, 1.54) is 10.4 Å². The van der Waals surface area contributed by atoms with Crippen LogP contribution >= 0.6 is 11.3 Å². The van der Waals surface area contributed by atoms with E-state index in [2.05, 4.69) is 55.3 Å². The first-order valence-electron chi connectivity index (χ1n) is 8.65. The molecule has 1 aliphatic carbocycles. The molecule has 2 unspecified atom stereocenters. The second kappa shape index (κ2) is 5.55. The van der Waals surface area contributed by atoms with Crippen molar-refractivity contribution in [3.05, 3.63) is 57.6 Å². The Bertz CT molecular complexity index is 823. The van der Waals surface area contributed by atoms with Gasteiger partial charge in [0, 0.05) is 17.2 Å². The van der Waals surface area contributed by atoms with Crippen LogP contribution < -0.4 is 5.32 Å². The van der Waals surface area contributed by atoms with Gasteiger partial charge in [-0.15, -0.1) is 11.3 Å². The van der Waals surface area contributed by atoms with Crippen molar-refractivity contribution < 1.29 is 4.79 Å². The molecule has 1 N–H and O–H groups in total. The lowest BCUT2D eigenvalue weighted by atomic mass is 9.62. The molecule has 4 heteroatoms. The maximum atomic E-state index is 13.3. The van der Waals surface area contributed by atoms with E-state index in [4.69, 9.17) is 0 Å². The molecule has 2 aromatic rings. The Labute approximate surface area is 146 Å². The highest BCUT2D eigenvalue weighted by molar-refractivity contribution is 7.10. The maximum Gasteiger partial charge on any atom is 0.164 e. The lowest BCUT2D eigenvalue weighted by Crippen LogP contribution is -2.44. The number of allylic oxidation sites excluding steroid dienone is 2. The molecule has 3 atom stereocenters. The van der Waals surface area contributed by atoms with E-state index in [1.54, 1.807) is 11.3 Å². The third-order valence-corrected chi connectivity index (χ3v) is 6.58. The summed E-state index contributed by atoms with van der Waals surface area (Å²) < 4.78 is 0. The van der Waals surface area contributed by atoms with Crippen molar-refractivity contribution in [2.45, 2.75) is 39.0 Å². The predicted octanol–water partition coefficient (Wildman–Crippen LogP) is 4.76. The summed E-state index contributed by atoms with van der Waals surface area (Å²) in [6, 6.07) is 10.5. The summed E-state index contributed by atoms with van der Waals surface area (Å²) in [5.74, 6) is 1.64. The van der Waals surface area contributed by atoms with Gasteiger partial charge in [-0.1, -0.05) is 51.1 Å². The molecule has 0 bridgehead atoms. The molecule has 2 aliphatic rings. The largest absolute Gasteiger partial charge is 0.342 e. The van der Waals surface area contributed by atoms with Crippen molar-refractivity contribution in [3.8, 4) is 0 Å². The summed E-state index contributed by atoms with van der Waals surface area (Å²) in [7, 11) is 0. The zero-order valence-electron chi connectivity index (χ0n) is 14.3. The van der Waals surface area contributed by atoms with Crippen molar-refractivity contribution >= 4 is 22.9 Å². The fourth-order valence-corrected chi connectivity index (χ4v) is 5.47. The maximum absolute atomic E-state index is 13.3. The van der Waals surface area contributed by atoms with Gasteiger partial charge in [0.25, 0.3) is 0 Å². The van der Waals surface area contributed by atoms with E-state index in [9.17, 15) is 4.79 Å². The standard InChI is InChI=1S/C20H22N2OS/c1-4-20(14-8-6-5-7-9-14)15-16(12(2)10-13(3)17(15)23)22-19-18(20)24-11-21-19/h5-9,11-13,22H,4,10H2,1-3H3/t12?,13?,20-/m0/s1. The van der Waals surface area contributed by atoms with Gasteiger partial charge in [-0.25, -0.2) is 4.98 Å². The van der Waals surface area contributed by atoms with Crippen LogP contribution in [-0.2, 0) is 10.2 Å². The van der Waals surface area contributed by atoms with Crippen LogP contribution in [0.15, 0.2) is 47.1 Å². The average molecular weight is 338 g/mol. The lowest BCUT2D eigenvalue weighted by molar-refractivity contribution is -0.120. The molecule has 0 spiro atoms. The van der Waals surface area contributed by atoms with Crippen molar-refractivity contribution in [3.63, 3.8) is 0 Å². The highest BCUT2D eigenvalue weighted by atomic mass is 32.1. The minimum Gasteiger partial charge on any atom is -0.342 e. The van der Waals surface area contributed by atoms with Crippen LogP contribution in [0.4, 0.5) is 5.82 Å². The van der Waals surface area contributed by atoms with Gasteiger partial charge in [-0.05, 0) is 24.3 Å². The summed E-state index contributed by atoms with van der Waals surface area (Å²) in [6.07, 6.45) is 1.76. The van der Waals surface area contributed by atoms with Gasteiger partial charge >= 0.3 is 0 Å². The number of aromatic nitrogens is 1. The predicted molar refractivity (Wildman–Crippen MR) is 98.2 cm³/mol. The zero-order valence-corrected chi connectivity index (χ0v) is 15.1. The van der Waals surface area contributed by atoms with E-state index in [1.807, 2.05) is 11.6 Å². The molecule has 0 radical (unpaired) electrons. The van der Waals surface area contributed by atoms with Crippen LogP contribution in [-0.4, -0.2) is 10.8 Å². The van der Waals surface area contributed by atoms with Crippen molar-refractivity contribution in [1.29, 1.82) is 0 Å². The molecular weight excluding hydrogens is 316 g/mol. The van der Waals surface area contributed by atoms with Crippen LogP contribution in [0.3, 0.4) is 0 Å². The van der Waals surface area contributed by atoms with Gasteiger partial charge in [0.2, 0.25) is 0 Å². The minimum absolute atomic E-state index is 0.0738. The van der Waals surface area contributed by atoms with Crippen molar-refractivity contribution in [2.75, 3.05) is 5.32 Å². The Morgan fingerprint density at radius 2 is 2.00 bits per heavy atom.